The summed E-state index contributed by atoms with van der Waals surface area (Å²) in [7, 11) is 1.63. The van der Waals surface area contributed by atoms with E-state index in [0.29, 0.717) is 23.8 Å². The summed E-state index contributed by atoms with van der Waals surface area (Å²) in [6.07, 6.45) is 0.992. The van der Waals surface area contributed by atoms with Crippen LogP contribution in [0.15, 0.2) is 42.5 Å². The third-order valence-electron chi connectivity index (χ3n) is 4.94. The van der Waals surface area contributed by atoms with Crippen LogP contribution in [0.1, 0.15) is 17.5 Å². The normalized spacial score (nSPS) is 16.5. The van der Waals surface area contributed by atoms with E-state index in [4.69, 9.17) is 16.3 Å². The molecule has 2 aromatic rings. The molecule has 0 spiro atoms. The Balaban J connectivity index is 1.56. The predicted molar refractivity (Wildman–Crippen MR) is 106 cm³/mol. The number of carbonyl (C=O) groups excluding carboxylic acids is 2. The highest BCUT2D eigenvalue weighted by Crippen LogP contribution is 2.25. The van der Waals surface area contributed by atoms with Gasteiger partial charge in [-0.3, -0.25) is 9.59 Å². The van der Waals surface area contributed by atoms with Gasteiger partial charge < -0.3 is 15.0 Å². The average molecular weight is 387 g/mol. The number of hydrogen-bond acceptors (Lipinski definition) is 3. The Labute approximate surface area is 164 Å². The van der Waals surface area contributed by atoms with E-state index in [1.165, 1.54) is 0 Å². The number of halogens is 1. The molecule has 0 bridgehead atoms. The Bertz CT molecular complexity index is 836. The fourth-order valence-electron chi connectivity index (χ4n) is 3.20. The minimum atomic E-state index is -0.341. The van der Waals surface area contributed by atoms with Crippen molar-refractivity contribution in [1.29, 1.82) is 0 Å². The van der Waals surface area contributed by atoms with Crippen molar-refractivity contribution < 1.29 is 14.3 Å². The number of carbonyl (C=O) groups is 2. The van der Waals surface area contributed by atoms with Crippen molar-refractivity contribution in [1.82, 2.24) is 4.90 Å². The van der Waals surface area contributed by atoms with Gasteiger partial charge in [0.25, 0.3) is 0 Å². The van der Waals surface area contributed by atoms with Gasteiger partial charge in [0, 0.05) is 30.2 Å². The molecule has 3 rings (SSSR count). The molecule has 0 aliphatic carbocycles. The molecule has 1 heterocycles. The van der Waals surface area contributed by atoms with Crippen molar-refractivity contribution in [2.75, 3.05) is 25.5 Å². The quantitative estimate of drug-likeness (QED) is 0.823. The van der Waals surface area contributed by atoms with Crippen LogP contribution >= 0.6 is 11.6 Å². The number of ether oxygens (including phenoxy) is 1. The molecule has 1 saturated heterocycles. The maximum absolute atomic E-state index is 12.6. The summed E-state index contributed by atoms with van der Waals surface area (Å²) in [6.45, 7) is 2.91. The summed E-state index contributed by atoms with van der Waals surface area (Å²) in [5.41, 5.74) is 2.65. The van der Waals surface area contributed by atoms with Crippen LogP contribution in [0, 0.1) is 12.8 Å². The number of nitrogens with one attached hydrogen (secondary N) is 1. The Morgan fingerprint density at radius 3 is 2.70 bits per heavy atom. The Morgan fingerprint density at radius 1 is 1.26 bits per heavy atom. The van der Waals surface area contributed by atoms with Crippen LogP contribution < -0.4 is 10.1 Å². The summed E-state index contributed by atoms with van der Waals surface area (Å²) in [6, 6.07) is 13.2. The van der Waals surface area contributed by atoms with Gasteiger partial charge in [-0.2, -0.15) is 0 Å². The van der Waals surface area contributed by atoms with Crippen molar-refractivity contribution in [2.45, 2.75) is 19.8 Å². The van der Waals surface area contributed by atoms with Crippen LogP contribution in [0.25, 0.3) is 0 Å². The maximum Gasteiger partial charge on any atom is 0.229 e. The molecule has 2 aromatic carbocycles. The zero-order valence-corrected chi connectivity index (χ0v) is 16.3. The molecule has 0 saturated carbocycles. The SMILES string of the molecule is COc1ccc(CCN2CC(C(=O)Nc3cccc(Cl)c3C)CC2=O)cc1. The largest absolute Gasteiger partial charge is 0.497 e. The van der Waals surface area contributed by atoms with E-state index >= 15 is 0 Å². The van der Waals surface area contributed by atoms with Crippen molar-refractivity contribution in [3.63, 3.8) is 0 Å². The molecule has 2 amide bonds. The Kier molecular flexibility index (Phi) is 6.01. The van der Waals surface area contributed by atoms with Gasteiger partial charge in [-0.05, 0) is 48.7 Å². The second-order valence-corrected chi connectivity index (χ2v) is 7.15. The molecule has 1 aliphatic heterocycles. The van der Waals surface area contributed by atoms with E-state index < -0.39 is 0 Å². The number of likely N-dealkylation sites (tertiary alicyclic amines) is 1. The lowest BCUT2D eigenvalue weighted by atomic mass is 10.1. The number of methoxy groups -OCH3 is 1. The zero-order chi connectivity index (χ0) is 19.4. The molecule has 0 radical (unpaired) electrons. The predicted octanol–water partition coefficient (Wildman–Crippen LogP) is 3.69. The highest BCUT2D eigenvalue weighted by Gasteiger charge is 2.34. The summed E-state index contributed by atoms with van der Waals surface area (Å²) < 4.78 is 5.15. The Morgan fingerprint density at radius 2 is 2.00 bits per heavy atom. The molecule has 1 aliphatic rings. The molecule has 1 unspecified atom stereocenters. The van der Waals surface area contributed by atoms with E-state index in [1.54, 1.807) is 24.1 Å². The van der Waals surface area contributed by atoms with Gasteiger partial charge in [-0.15, -0.1) is 0 Å². The lowest BCUT2D eigenvalue weighted by Gasteiger charge is -2.17. The number of benzene rings is 2. The first-order chi connectivity index (χ1) is 13.0. The number of anilines is 1. The number of amides is 2. The zero-order valence-electron chi connectivity index (χ0n) is 15.5. The second-order valence-electron chi connectivity index (χ2n) is 6.74. The van der Waals surface area contributed by atoms with Gasteiger partial charge in [0.15, 0.2) is 0 Å². The van der Waals surface area contributed by atoms with E-state index in [-0.39, 0.29) is 24.2 Å². The van der Waals surface area contributed by atoms with Gasteiger partial charge in [0.05, 0.1) is 13.0 Å². The Hall–Kier alpha value is -2.53. The smallest absolute Gasteiger partial charge is 0.229 e. The first-order valence-electron chi connectivity index (χ1n) is 8.94. The molecule has 5 nitrogen and oxygen atoms in total. The molecule has 0 aromatic heterocycles. The van der Waals surface area contributed by atoms with Gasteiger partial charge in [0.2, 0.25) is 11.8 Å². The standard InChI is InChI=1S/C21H23ClN2O3/c1-14-18(22)4-3-5-19(14)23-21(26)16-12-20(25)24(13-16)11-10-15-6-8-17(27-2)9-7-15/h3-9,16H,10-13H2,1-2H3,(H,23,26). The molecule has 142 valence electrons. The van der Waals surface area contributed by atoms with Gasteiger partial charge in [-0.25, -0.2) is 0 Å². The molecular formula is C21H23ClN2O3. The third kappa shape index (κ3) is 4.61. The van der Waals surface area contributed by atoms with E-state index in [0.717, 1.165) is 23.3 Å². The second kappa shape index (κ2) is 8.44. The van der Waals surface area contributed by atoms with Crippen molar-refractivity contribution in [3.8, 4) is 5.75 Å². The van der Waals surface area contributed by atoms with Crippen LogP contribution in [0.4, 0.5) is 5.69 Å². The molecule has 1 fully saturated rings. The topological polar surface area (TPSA) is 58.6 Å². The summed E-state index contributed by atoms with van der Waals surface area (Å²) in [5.74, 6) is 0.350. The van der Waals surface area contributed by atoms with E-state index in [9.17, 15) is 9.59 Å². The third-order valence-corrected chi connectivity index (χ3v) is 5.35. The van der Waals surface area contributed by atoms with Crippen LogP contribution in [0.3, 0.4) is 0 Å². The van der Waals surface area contributed by atoms with Crippen molar-refractivity contribution >= 4 is 29.1 Å². The maximum atomic E-state index is 12.6. The molecule has 6 heteroatoms. The first kappa shape index (κ1) is 19.2. The van der Waals surface area contributed by atoms with Crippen molar-refractivity contribution in [3.05, 3.63) is 58.6 Å². The van der Waals surface area contributed by atoms with Crippen molar-refractivity contribution in [2.24, 2.45) is 5.92 Å². The molecular weight excluding hydrogens is 364 g/mol. The van der Waals surface area contributed by atoms with Gasteiger partial charge in [-0.1, -0.05) is 29.8 Å². The number of nitrogens with zero attached hydrogens (tertiary/aromatic N) is 1. The molecule has 27 heavy (non-hydrogen) atoms. The van der Waals surface area contributed by atoms with Gasteiger partial charge >= 0.3 is 0 Å². The van der Waals surface area contributed by atoms with Crippen LogP contribution in [-0.4, -0.2) is 36.9 Å². The fraction of sp³-hybridized carbons (Fsp3) is 0.333. The summed E-state index contributed by atoms with van der Waals surface area (Å²) in [5, 5.41) is 3.51. The minimum Gasteiger partial charge on any atom is -0.497 e. The highest BCUT2D eigenvalue weighted by molar-refractivity contribution is 6.31. The van der Waals surface area contributed by atoms with E-state index in [2.05, 4.69) is 5.32 Å². The summed E-state index contributed by atoms with van der Waals surface area (Å²) in [4.78, 5) is 26.6. The monoisotopic (exact) mass is 386 g/mol. The first-order valence-corrected chi connectivity index (χ1v) is 9.32. The lowest BCUT2D eigenvalue weighted by Crippen LogP contribution is -2.30. The summed E-state index contributed by atoms with van der Waals surface area (Å²) >= 11 is 6.10. The van der Waals surface area contributed by atoms with Gasteiger partial charge in [0.1, 0.15) is 5.75 Å². The fourth-order valence-corrected chi connectivity index (χ4v) is 3.37. The number of hydrogen-bond donors (Lipinski definition) is 1. The highest BCUT2D eigenvalue weighted by atomic mass is 35.5. The van der Waals surface area contributed by atoms with Crippen LogP contribution in [0.5, 0.6) is 5.75 Å². The molecule has 1 atom stereocenters. The minimum absolute atomic E-state index is 0.0199. The van der Waals surface area contributed by atoms with E-state index in [1.807, 2.05) is 37.3 Å². The van der Waals surface area contributed by atoms with Crippen LogP contribution in [0.2, 0.25) is 5.02 Å². The number of rotatable bonds is 6. The lowest BCUT2D eigenvalue weighted by molar-refractivity contribution is -0.128. The average Bonchev–Trinajstić information content (AvgIpc) is 3.05. The molecule has 1 N–H and O–H groups in total. The van der Waals surface area contributed by atoms with Crippen LogP contribution in [-0.2, 0) is 16.0 Å².